The Labute approximate surface area is 98.3 Å². The van der Waals surface area contributed by atoms with Crippen molar-refractivity contribution in [3.8, 4) is 0 Å². The van der Waals surface area contributed by atoms with E-state index in [0.29, 0.717) is 19.7 Å². The van der Waals surface area contributed by atoms with Crippen LogP contribution < -0.4 is 0 Å². The van der Waals surface area contributed by atoms with Gasteiger partial charge in [0.2, 0.25) is 0 Å². The average Bonchev–Trinajstić information content (AvgIpc) is 2.15. The SMILES string of the molecule is COCC1CN(CC(O)C(F)(F)F)CC(C)O1. The second-order valence-corrected chi connectivity index (χ2v) is 4.30. The van der Waals surface area contributed by atoms with Crippen LogP contribution in [0.25, 0.3) is 0 Å². The molecule has 0 amide bonds. The molecule has 0 aliphatic carbocycles. The number of rotatable bonds is 4. The normalized spacial score (nSPS) is 29.3. The number of morpholine rings is 1. The van der Waals surface area contributed by atoms with Gasteiger partial charge in [0.05, 0.1) is 18.8 Å². The van der Waals surface area contributed by atoms with Crippen molar-refractivity contribution in [2.75, 3.05) is 33.4 Å². The average molecular weight is 257 g/mol. The molecule has 102 valence electrons. The van der Waals surface area contributed by atoms with Crippen molar-refractivity contribution in [3.05, 3.63) is 0 Å². The van der Waals surface area contributed by atoms with E-state index in [-0.39, 0.29) is 12.2 Å². The lowest BCUT2D eigenvalue weighted by molar-refractivity contribution is -0.213. The van der Waals surface area contributed by atoms with Crippen LogP contribution in [0.5, 0.6) is 0 Å². The van der Waals surface area contributed by atoms with Gasteiger partial charge in [0.1, 0.15) is 0 Å². The maximum Gasteiger partial charge on any atom is 0.415 e. The third kappa shape index (κ3) is 4.79. The largest absolute Gasteiger partial charge is 0.415 e. The van der Waals surface area contributed by atoms with E-state index in [0.717, 1.165) is 0 Å². The summed E-state index contributed by atoms with van der Waals surface area (Å²) in [5, 5.41) is 9.00. The standard InChI is InChI=1S/C10H18F3NO3/c1-7-3-14(4-8(17-7)6-16-2)5-9(15)10(11,12)13/h7-9,15H,3-6H2,1-2H3. The molecule has 0 saturated carbocycles. The van der Waals surface area contributed by atoms with Gasteiger partial charge in [-0.05, 0) is 6.92 Å². The number of alkyl halides is 3. The van der Waals surface area contributed by atoms with Gasteiger partial charge in [0, 0.05) is 26.7 Å². The van der Waals surface area contributed by atoms with E-state index in [2.05, 4.69) is 0 Å². The van der Waals surface area contributed by atoms with E-state index in [9.17, 15) is 13.2 Å². The molecule has 1 rings (SSSR count). The van der Waals surface area contributed by atoms with Crippen LogP contribution in [-0.2, 0) is 9.47 Å². The monoisotopic (exact) mass is 257 g/mol. The summed E-state index contributed by atoms with van der Waals surface area (Å²) in [5.74, 6) is 0. The number of aliphatic hydroxyl groups excluding tert-OH is 1. The van der Waals surface area contributed by atoms with Gasteiger partial charge < -0.3 is 14.6 Å². The van der Waals surface area contributed by atoms with E-state index < -0.39 is 18.8 Å². The lowest BCUT2D eigenvalue weighted by Crippen LogP contribution is -2.52. The Morgan fingerprint density at radius 3 is 2.65 bits per heavy atom. The number of aliphatic hydroxyl groups is 1. The van der Waals surface area contributed by atoms with Crippen molar-refractivity contribution < 1.29 is 27.8 Å². The van der Waals surface area contributed by atoms with Crippen molar-refractivity contribution in [2.24, 2.45) is 0 Å². The first-order chi connectivity index (χ1) is 7.82. The molecule has 0 aromatic heterocycles. The molecule has 0 radical (unpaired) electrons. The van der Waals surface area contributed by atoms with E-state index in [4.69, 9.17) is 14.6 Å². The van der Waals surface area contributed by atoms with Crippen molar-refractivity contribution in [2.45, 2.75) is 31.4 Å². The molecular formula is C10H18F3NO3. The maximum atomic E-state index is 12.2. The van der Waals surface area contributed by atoms with Gasteiger partial charge in [-0.15, -0.1) is 0 Å². The molecule has 3 atom stereocenters. The van der Waals surface area contributed by atoms with Crippen molar-refractivity contribution in [3.63, 3.8) is 0 Å². The van der Waals surface area contributed by atoms with Gasteiger partial charge in [-0.2, -0.15) is 13.2 Å². The zero-order chi connectivity index (χ0) is 13.1. The highest BCUT2D eigenvalue weighted by molar-refractivity contribution is 4.79. The summed E-state index contributed by atoms with van der Waals surface area (Å²) >= 11 is 0. The Morgan fingerprint density at radius 1 is 1.47 bits per heavy atom. The molecule has 0 aromatic rings. The molecule has 1 aliphatic heterocycles. The molecule has 1 N–H and O–H groups in total. The van der Waals surface area contributed by atoms with E-state index in [1.807, 2.05) is 0 Å². The second-order valence-electron chi connectivity index (χ2n) is 4.30. The smallest absolute Gasteiger partial charge is 0.382 e. The van der Waals surface area contributed by atoms with Gasteiger partial charge in [-0.3, -0.25) is 4.90 Å². The molecular weight excluding hydrogens is 239 g/mol. The van der Waals surface area contributed by atoms with Crippen LogP contribution in [0.3, 0.4) is 0 Å². The molecule has 1 aliphatic rings. The quantitative estimate of drug-likeness (QED) is 0.802. The molecule has 3 unspecified atom stereocenters. The molecule has 17 heavy (non-hydrogen) atoms. The number of ether oxygens (including phenoxy) is 2. The van der Waals surface area contributed by atoms with Crippen LogP contribution in [-0.4, -0.2) is 67.8 Å². The minimum absolute atomic E-state index is 0.163. The van der Waals surface area contributed by atoms with E-state index in [1.54, 1.807) is 11.8 Å². The van der Waals surface area contributed by atoms with Gasteiger partial charge >= 0.3 is 6.18 Å². The Morgan fingerprint density at radius 2 is 2.12 bits per heavy atom. The van der Waals surface area contributed by atoms with Crippen LogP contribution in [0.15, 0.2) is 0 Å². The molecule has 0 bridgehead atoms. The van der Waals surface area contributed by atoms with Crippen molar-refractivity contribution in [1.29, 1.82) is 0 Å². The van der Waals surface area contributed by atoms with Crippen LogP contribution in [0.2, 0.25) is 0 Å². The lowest BCUT2D eigenvalue weighted by atomic mass is 10.2. The highest BCUT2D eigenvalue weighted by atomic mass is 19.4. The zero-order valence-corrected chi connectivity index (χ0v) is 9.91. The van der Waals surface area contributed by atoms with Gasteiger partial charge in [-0.1, -0.05) is 0 Å². The number of nitrogens with zero attached hydrogens (tertiary/aromatic N) is 1. The Balaban J connectivity index is 2.47. The van der Waals surface area contributed by atoms with Crippen LogP contribution in [0.1, 0.15) is 6.92 Å². The first-order valence-electron chi connectivity index (χ1n) is 5.44. The molecule has 1 fully saturated rings. The first kappa shape index (κ1) is 14.7. The topological polar surface area (TPSA) is 41.9 Å². The summed E-state index contributed by atoms with van der Waals surface area (Å²) in [5.41, 5.74) is 0. The van der Waals surface area contributed by atoms with Crippen molar-refractivity contribution >= 4 is 0 Å². The van der Waals surface area contributed by atoms with Gasteiger partial charge in [-0.25, -0.2) is 0 Å². The number of methoxy groups -OCH3 is 1. The molecule has 1 saturated heterocycles. The summed E-state index contributed by atoms with van der Waals surface area (Å²) in [6.07, 6.45) is -7.29. The fraction of sp³-hybridized carbons (Fsp3) is 1.00. The molecule has 7 heteroatoms. The van der Waals surface area contributed by atoms with Gasteiger partial charge in [0.15, 0.2) is 6.10 Å². The predicted octanol–water partition coefficient (Wildman–Crippen LogP) is 0.645. The maximum absolute atomic E-state index is 12.2. The first-order valence-corrected chi connectivity index (χ1v) is 5.44. The number of halogens is 3. The number of hydrogen-bond acceptors (Lipinski definition) is 4. The third-order valence-corrected chi connectivity index (χ3v) is 2.56. The highest BCUT2D eigenvalue weighted by Crippen LogP contribution is 2.22. The summed E-state index contributed by atoms with van der Waals surface area (Å²) in [6, 6.07) is 0. The van der Waals surface area contributed by atoms with Crippen LogP contribution in [0, 0.1) is 0 Å². The molecule has 0 spiro atoms. The Kier molecular flexibility index (Phi) is 5.18. The zero-order valence-electron chi connectivity index (χ0n) is 9.91. The Hall–Kier alpha value is -0.370. The molecule has 4 nitrogen and oxygen atoms in total. The summed E-state index contributed by atoms with van der Waals surface area (Å²) < 4.78 is 47.1. The fourth-order valence-corrected chi connectivity index (χ4v) is 1.92. The minimum atomic E-state index is -4.57. The summed E-state index contributed by atoms with van der Waals surface area (Å²) in [4.78, 5) is 1.55. The summed E-state index contributed by atoms with van der Waals surface area (Å²) in [6.45, 7) is 2.42. The summed E-state index contributed by atoms with van der Waals surface area (Å²) in [7, 11) is 1.51. The van der Waals surface area contributed by atoms with Crippen LogP contribution >= 0.6 is 0 Å². The number of β-amino-alcohol motifs (C(OH)–C–C–N with tert-alkyl or cyclic N) is 1. The van der Waals surface area contributed by atoms with E-state index in [1.165, 1.54) is 7.11 Å². The molecule has 0 aromatic carbocycles. The predicted molar refractivity (Wildman–Crippen MR) is 54.7 cm³/mol. The number of hydrogen-bond donors (Lipinski definition) is 1. The molecule has 1 heterocycles. The lowest BCUT2D eigenvalue weighted by Gasteiger charge is -2.37. The minimum Gasteiger partial charge on any atom is -0.382 e. The van der Waals surface area contributed by atoms with Crippen molar-refractivity contribution in [1.82, 2.24) is 4.90 Å². The Bertz CT molecular complexity index is 237. The third-order valence-electron chi connectivity index (χ3n) is 2.56. The fourth-order valence-electron chi connectivity index (χ4n) is 1.92. The highest BCUT2D eigenvalue weighted by Gasteiger charge is 2.40. The second kappa shape index (κ2) is 5.99. The van der Waals surface area contributed by atoms with Gasteiger partial charge in [0.25, 0.3) is 0 Å². The van der Waals surface area contributed by atoms with Crippen LogP contribution in [0.4, 0.5) is 13.2 Å². The van der Waals surface area contributed by atoms with E-state index >= 15 is 0 Å².